The second-order valence-electron chi connectivity index (χ2n) is 4.68. The number of allylic oxidation sites excluding steroid dienone is 1. The Hall–Kier alpha value is -2.20. The fourth-order valence-corrected chi connectivity index (χ4v) is 2.69. The maximum absolute atomic E-state index is 9.99. The topological polar surface area (TPSA) is 62.5 Å². The first-order valence-corrected chi connectivity index (χ1v) is 8.08. The van der Waals surface area contributed by atoms with Gasteiger partial charge in [0.25, 0.3) is 0 Å². The van der Waals surface area contributed by atoms with Crippen molar-refractivity contribution in [3.63, 3.8) is 0 Å². The first-order chi connectivity index (χ1) is 11.1. The number of phenols is 1. The summed E-state index contributed by atoms with van der Waals surface area (Å²) in [4.78, 5) is 0. The molecule has 0 bridgehead atoms. The Labute approximate surface area is 149 Å². The van der Waals surface area contributed by atoms with E-state index in [0.29, 0.717) is 21.5 Å². The van der Waals surface area contributed by atoms with Crippen LogP contribution in [0.15, 0.2) is 36.4 Å². The van der Waals surface area contributed by atoms with Crippen LogP contribution in [-0.2, 0) is 0 Å². The molecule has 0 fully saturated rings. The van der Waals surface area contributed by atoms with Crippen molar-refractivity contribution in [1.29, 1.82) is 5.26 Å². The SMILES string of the molecule is CCOc1cc(/C=C(\C#N)c2ccc(OC)cc2)cc(I)c1O. The van der Waals surface area contributed by atoms with E-state index in [2.05, 4.69) is 6.07 Å². The molecule has 0 aliphatic carbocycles. The Morgan fingerprint density at radius 1 is 1.30 bits per heavy atom. The Kier molecular flexibility index (Phi) is 5.88. The van der Waals surface area contributed by atoms with Crippen LogP contribution in [0, 0.1) is 14.9 Å². The Morgan fingerprint density at radius 3 is 2.57 bits per heavy atom. The third-order valence-electron chi connectivity index (χ3n) is 3.18. The van der Waals surface area contributed by atoms with Crippen LogP contribution in [-0.4, -0.2) is 18.8 Å². The minimum absolute atomic E-state index is 0.118. The van der Waals surface area contributed by atoms with Crippen molar-refractivity contribution in [1.82, 2.24) is 0 Å². The van der Waals surface area contributed by atoms with Gasteiger partial charge >= 0.3 is 0 Å². The lowest BCUT2D eigenvalue weighted by Crippen LogP contribution is -1.94. The summed E-state index contributed by atoms with van der Waals surface area (Å²) in [6.45, 7) is 2.31. The summed E-state index contributed by atoms with van der Waals surface area (Å²) >= 11 is 2.04. The number of aromatic hydroxyl groups is 1. The number of phenolic OH excluding ortho intramolecular Hbond substituents is 1. The lowest BCUT2D eigenvalue weighted by atomic mass is 10.0. The number of nitrogens with zero attached hydrogens (tertiary/aromatic N) is 1. The Morgan fingerprint density at radius 2 is 2.00 bits per heavy atom. The van der Waals surface area contributed by atoms with E-state index in [4.69, 9.17) is 9.47 Å². The van der Waals surface area contributed by atoms with Crippen LogP contribution in [0.5, 0.6) is 17.2 Å². The highest BCUT2D eigenvalue weighted by Crippen LogP contribution is 2.34. The van der Waals surface area contributed by atoms with Gasteiger partial charge in [0, 0.05) is 0 Å². The van der Waals surface area contributed by atoms with Crippen LogP contribution < -0.4 is 9.47 Å². The summed E-state index contributed by atoms with van der Waals surface area (Å²) in [6.07, 6.45) is 1.77. The van der Waals surface area contributed by atoms with Crippen LogP contribution in [0.1, 0.15) is 18.1 Å². The zero-order valence-corrected chi connectivity index (χ0v) is 15.0. The molecule has 0 saturated heterocycles. The van der Waals surface area contributed by atoms with Crippen LogP contribution in [0.25, 0.3) is 11.6 Å². The second-order valence-corrected chi connectivity index (χ2v) is 5.84. The zero-order valence-electron chi connectivity index (χ0n) is 12.8. The highest BCUT2D eigenvalue weighted by atomic mass is 127. The van der Waals surface area contributed by atoms with Gasteiger partial charge in [0.1, 0.15) is 5.75 Å². The molecule has 0 heterocycles. The first kappa shape index (κ1) is 17.2. The Balaban J connectivity index is 2.43. The van der Waals surface area contributed by atoms with E-state index in [0.717, 1.165) is 16.9 Å². The van der Waals surface area contributed by atoms with Crippen molar-refractivity contribution < 1.29 is 14.6 Å². The standard InChI is InChI=1S/C18H16INO3/c1-3-23-17-10-12(9-16(19)18(17)21)8-14(11-20)13-4-6-15(22-2)7-5-13/h4-10,21H,3H2,1-2H3/b14-8+. The number of benzene rings is 2. The quantitative estimate of drug-likeness (QED) is 0.440. The molecule has 1 N–H and O–H groups in total. The number of hydrogen-bond acceptors (Lipinski definition) is 4. The van der Waals surface area contributed by atoms with E-state index in [1.807, 2.05) is 53.8 Å². The van der Waals surface area contributed by atoms with Gasteiger partial charge in [-0.25, -0.2) is 0 Å². The lowest BCUT2D eigenvalue weighted by Gasteiger charge is -2.09. The predicted molar refractivity (Wildman–Crippen MR) is 98.5 cm³/mol. The van der Waals surface area contributed by atoms with Gasteiger partial charge in [-0.05, 0) is 83.1 Å². The van der Waals surface area contributed by atoms with E-state index in [1.54, 1.807) is 25.3 Å². The molecule has 0 spiro atoms. The molecule has 2 aromatic carbocycles. The first-order valence-electron chi connectivity index (χ1n) is 7.00. The summed E-state index contributed by atoms with van der Waals surface area (Å²) in [5.41, 5.74) is 2.12. The summed E-state index contributed by atoms with van der Waals surface area (Å²) < 4.78 is 11.2. The lowest BCUT2D eigenvalue weighted by molar-refractivity contribution is 0.317. The molecule has 5 heteroatoms. The van der Waals surface area contributed by atoms with Gasteiger partial charge in [0.05, 0.1) is 28.9 Å². The van der Waals surface area contributed by atoms with Crippen molar-refractivity contribution in [3.05, 3.63) is 51.1 Å². The smallest absolute Gasteiger partial charge is 0.171 e. The molecule has 0 aliphatic rings. The van der Waals surface area contributed by atoms with Crippen molar-refractivity contribution in [2.75, 3.05) is 13.7 Å². The van der Waals surface area contributed by atoms with Gasteiger partial charge in [-0.3, -0.25) is 0 Å². The largest absolute Gasteiger partial charge is 0.504 e. The monoisotopic (exact) mass is 421 g/mol. The van der Waals surface area contributed by atoms with Crippen LogP contribution in [0.2, 0.25) is 0 Å². The van der Waals surface area contributed by atoms with Gasteiger partial charge in [-0.1, -0.05) is 0 Å². The summed E-state index contributed by atoms with van der Waals surface area (Å²) in [5.74, 6) is 1.27. The van der Waals surface area contributed by atoms with Crippen LogP contribution >= 0.6 is 22.6 Å². The van der Waals surface area contributed by atoms with Crippen LogP contribution in [0.3, 0.4) is 0 Å². The van der Waals surface area contributed by atoms with Crippen molar-refractivity contribution >= 4 is 34.2 Å². The summed E-state index contributed by atoms with van der Waals surface area (Å²) in [6, 6.07) is 13.0. The maximum atomic E-state index is 9.99. The molecule has 2 rings (SSSR count). The van der Waals surface area contributed by atoms with E-state index in [1.165, 1.54) is 0 Å². The molecule has 0 unspecified atom stereocenters. The minimum Gasteiger partial charge on any atom is -0.504 e. The second kappa shape index (κ2) is 7.88. The van der Waals surface area contributed by atoms with E-state index < -0.39 is 0 Å². The minimum atomic E-state index is 0.118. The third kappa shape index (κ3) is 4.17. The molecule has 4 nitrogen and oxygen atoms in total. The number of nitriles is 1. The van der Waals surface area contributed by atoms with Crippen molar-refractivity contribution in [2.24, 2.45) is 0 Å². The summed E-state index contributed by atoms with van der Waals surface area (Å²) in [7, 11) is 1.60. The fourth-order valence-electron chi connectivity index (χ4n) is 2.06. The normalized spacial score (nSPS) is 11.0. The Bertz CT molecular complexity index is 761. The van der Waals surface area contributed by atoms with Gasteiger partial charge in [-0.15, -0.1) is 0 Å². The number of hydrogen-bond donors (Lipinski definition) is 1. The fraction of sp³-hybridized carbons (Fsp3) is 0.167. The van der Waals surface area contributed by atoms with Crippen molar-refractivity contribution in [2.45, 2.75) is 6.92 Å². The molecule has 118 valence electrons. The molecular weight excluding hydrogens is 405 g/mol. The van der Waals surface area contributed by atoms with Gasteiger partial charge in [0.15, 0.2) is 11.5 Å². The van der Waals surface area contributed by atoms with Crippen LogP contribution in [0.4, 0.5) is 0 Å². The summed E-state index contributed by atoms with van der Waals surface area (Å²) in [5, 5.41) is 19.4. The molecule has 0 saturated carbocycles. The van der Waals surface area contributed by atoms with Gasteiger partial charge in [-0.2, -0.15) is 5.26 Å². The van der Waals surface area contributed by atoms with E-state index in [9.17, 15) is 10.4 Å². The molecule has 23 heavy (non-hydrogen) atoms. The highest BCUT2D eigenvalue weighted by Gasteiger charge is 2.09. The van der Waals surface area contributed by atoms with E-state index in [-0.39, 0.29) is 5.75 Å². The number of ether oxygens (including phenoxy) is 2. The molecule has 0 radical (unpaired) electrons. The predicted octanol–water partition coefficient (Wildman–Crippen LogP) is 4.47. The molecule has 0 amide bonds. The average molecular weight is 421 g/mol. The average Bonchev–Trinajstić information content (AvgIpc) is 2.57. The zero-order chi connectivity index (χ0) is 16.8. The molecule has 0 aromatic heterocycles. The molecule has 0 aliphatic heterocycles. The highest BCUT2D eigenvalue weighted by molar-refractivity contribution is 14.1. The van der Waals surface area contributed by atoms with E-state index >= 15 is 0 Å². The van der Waals surface area contributed by atoms with Gasteiger partial charge < -0.3 is 14.6 Å². The number of halogens is 1. The molecule has 0 atom stereocenters. The number of methoxy groups -OCH3 is 1. The third-order valence-corrected chi connectivity index (χ3v) is 4.01. The number of rotatable bonds is 5. The maximum Gasteiger partial charge on any atom is 0.171 e. The molecular formula is C18H16INO3. The van der Waals surface area contributed by atoms with Gasteiger partial charge in [0.2, 0.25) is 0 Å². The van der Waals surface area contributed by atoms with Crippen molar-refractivity contribution in [3.8, 4) is 23.3 Å². The molecule has 2 aromatic rings.